The average Bonchev–Trinajstić information content (AvgIpc) is 2.78. The molecule has 1 saturated heterocycles. The van der Waals surface area contributed by atoms with Crippen molar-refractivity contribution in [1.29, 1.82) is 0 Å². The first-order valence-corrected chi connectivity index (χ1v) is 8.51. The van der Waals surface area contributed by atoms with E-state index in [1.54, 1.807) is 0 Å². The van der Waals surface area contributed by atoms with Gasteiger partial charge in [0, 0.05) is 17.5 Å². The third-order valence-corrected chi connectivity index (χ3v) is 6.65. The Bertz CT molecular complexity index is 568. The Morgan fingerprint density at radius 2 is 1.95 bits per heavy atom. The van der Waals surface area contributed by atoms with Crippen LogP contribution in [0, 0.1) is 0 Å². The van der Waals surface area contributed by atoms with Gasteiger partial charge in [-0.1, -0.05) is 6.42 Å². The second-order valence-electron chi connectivity index (χ2n) is 4.92. The summed E-state index contributed by atoms with van der Waals surface area (Å²) in [6.07, 6.45) is 2.72. The van der Waals surface area contributed by atoms with Gasteiger partial charge in [0.05, 0.1) is 4.90 Å². The van der Waals surface area contributed by atoms with Gasteiger partial charge in [-0.2, -0.15) is 4.31 Å². The molecule has 0 aromatic carbocycles. The van der Waals surface area contributed by atoms with Gasteiger partial charge in [0.15, 0.2) is 0 Å². The van der Waals surface area contributed by atoms with E-state index in [0.29, 0.717) is 0 Å². The number of hydrogen-bond acceptors (Lipinski definition) is 4. The van der Waals surface area contributed by atoms with E-state index >= 15 is 0 Å². The lowest BCUT2D eigenvalue weighted by molar-refractivity contribution is 0.0702. The monoisotopic (exact) mass is 303 g/mol. The summed E-state index contributed by atoms with van der Waals surface area (Å²) in [5.74, 6) is -1.09. The van der Waals surface area contributed by atoms with Gasteiger partial charge >= 0.3 is 5.97 Å². The Morgan fingerprint density at radius 1 is 1.37 bits per heavy atom. The highest BCUT2D eigenvalue weighted by Crippen LogP contribution is 2.31. The number of piperidine rings is 1. The highest BCUT2D eigenvalue weighted by atomic mass is 32.2. The van der Waals surface area contributed by atoms with Crippen LogP contribution in [0.5, 0.6) is 0 Å². The first-order valence-electron chi connectivity index (χ1n) is 6.19. The SMILES string of the molecule is C[C@@H]1CCC[C@H](C)N1S(=O)(=O)c1csc(C(=O)O)c1. The lowest BCUT2D eigenvalue weighted by atomic mass is 10.0. The minimum absolute atomic E-state index is 0.0399. The van der Waals surface area contributed by atoms with Gasteiger partial charge < -0.3 is 5.11 Å². The van der Waals surface area contributed by atoms with Gasteiger partial charge in [-0.15, -0.1) is 11.3 Å². The van der Waals surface area contributed by atoms with Gasteiger partial charge in [0.1, 0.15) is 4.88 Å². The Labute approximate surface area is 116 Å². The third kappa shape index (κ3) is 2.68. The molecule has 0 amide bonds. The van der Waals surface area contributed by atoms with Gasteiger partial charge in [-0.25, -0.2) is 13.2 Å². The Hall–Kier alpha value is -0.920. The summed E-state index contributed by atoms with van der Waals surface area (Å²) in [6.45, 7) is 3.80. The molecule has 5 nitrogen and oxygen atoms in total. The van der Waals surface area contributed by atoms with Gasteiger partial charge in [-0.3, -0.25) is 0 Å². The van der Waals surface area contributed by atoms with Crippen molar-refractivity contribution in [2.75, 3.05) is 0 Å². The maximum absolute atomic E-state index is 12.6. The number of thiophene rings is 1. The van der Waals surface area contributed by atoms with Crippen LogP contribution in [0.1, 0.15) is 42.8 Å². The van der Waals surface area contributed by atoms with Crippen molar-refractivity contribution < 1.29 is 18.3 Å². The highest BCUT2D eigenvalue weighted by Gasteiger charge is 2.36. The molecule has 2 heterocycles. The zero-order valence-electron chi connectivity index (χ0n) is 10.9. The molecule has 1 aliphatic heterocycles. The number of carboxylic acids is 1. The molecule has 106 valence electrons. The zero-order valence-corrected chi connectivity index (χ0v) is 12.5. The molecule has 1 aromatic heterocycles. The van der Waals surface area contributed by atoms with Crippen LogP contribution in [-0.2, 0) is 10.0 Å². The predicted molar refractivity (Wildman–Crippen MR) is 73.1 cm³/mol. The summed E-state index contributed by atoms with van der Waals surface area (Å²) in [4.78, 5) is 11.0. The molecule has 0 spiro atoms. The van der Waals surface area contributed by atoms with E-state index in [2.05, 4.69) is 0 Å². The maximum Gasteiger partial charge on any atom is 0.345 e. The first kappa shape index (κ1) is 14.5. The molecule has 7 heteroatoms. The molecular weight excluding hydrogens is 286 g/mol. The minimum Gasteiger partial charge on any atom is -0.477 e. The molecule has 0 unspecified atom stereocenters. The quantitative estimate of drug-likeness (QED) is 0.930. The zero-order chi connectivity index (χ0) is 14.2. The fraction of sp³-hybridized carbons (Fsp3) is 0.583. The largest absolute Gasteiger partial charge is 0.477 e. The van der Waals surface area contributed by atoms with E-state index in [9.17, 15) is 13.2 Å². The van der Waals surface area contributed by atoms with Crippen LogP contribution in [0.4, 0.5) is 0 Å². The Kier molecular flexibility index (Phi) is 3.98. The second kappa shape index (κ2) is 5.22. The van der Waals surface area contributed by atoms with Gasteiger partial charge in [-0.05, 0) is 32.8 Å². The first-order chi connectivity index (χ1) is 8.84. The van der Waals surface area contributed by atoms with E-state index < -0.39 is 16.0 Å². The molecular formula is C12H17NO4S2. The van der Waals surface area contributed by atoms with Crippen LogP contribution < -0.4 is 0 Å². The molecule has 0 bridgehead atoms. The van der Waals surface area contributed by atoms with Crippen molar-refractivity contribution in [2.24, 2.45) is 0 Å². The summed E-state index contributed by atoms with van der Waals surface area (Å²) in [6, 6.07) is 1.17. The Balaban J connectivity index is 2.37. The van der Waals surface area contributed by atoms with Crippen LogP contribution in [0.2, 0.25) is 0 Å². The number of rotatable bonds is 3. The molecule has 2 atom stereocenters. The molecule has 0 radical (unpaired) electrons. The fourth-order valence-corrected chi connectivity index (χ4v) is 5.54. The maximum atomic E-state index is 12.6. The van der Waals surface area contributed by atoms with Crippen molar-refractivity contribution in [3.8, 4) is 0 Å². The number of sulfonamides is 1. The summed E-state index contributed by atoms with van der Waals surface area (Å²) in [5, 5.41) is 10.3. The molecule has 1 aliphatic rings. The molecule has 0 aliphatic carbocycles. The molecule has 1 N–H and O–H groups in total. The highest BCUT2D eigenvalue weighted by molar-refractivity contribution is 7.89. The van der Waals surface area contributed by atoms with Crippen molar-refractivity contribution in [2.45, 2.75) is 50.1 Å². The number of hydrogen-bond donors (Lipinski definition) is 1. The molecule has 2 rings (SSSR count). The molecule has 1 aromatic rings. The average molecular weight is 303 g/mol. The van der Waals surface area contributed by atoms with Crippen LogP contribution in [-0.4, -0.2) is 35.9 Å². The van der Waals surface area contributed by atoms with Crippen LogP contribution in [0.15, 0.2) is 16.3 Å². The summed E-state index contributed by atoms with van der Waals surface area (Å²) < 4.78 is 26.7. The summed E-state index contributed by atoms with van der Waals surface area (Å²) >= 11 is 0.946. The smallest absolute Gasteiger partial charge is 0.345 e. The van der Waals surface area contributed by atoms with Crippen LogP contribution in [0.25, 0.3) is 0 Å². The van der Waals surface area contributed by atoms with Gasteiger partial charge in [0.2, 0.25) is 10.0 Å². The third-order valence-electron chi connectivity index (χ3n) is 3.47. The molecule has 1 fully saturated rings. The van der Waals surface area contributed by atoms with Gasteiger partial charge in [0.25, 0.3) is 0 Å². The molecule has 19 heavy (non-hydrogen) atoms. The number of aromatic carboxylic acids is 1. The standard InChI is InChI=1S/C12H17NO4S2/c1-8-4-3-5-9(2)13(8)19(16,17)10-6-11(12(14)15)18-7-10/h6-9H,3-5H2,1-2H3,(H,14,15)/t8-,9+. The number of carbonyl (C=O) groups is 1. The van der Waals surface area contributed by atoms with E-state index in [0.717, 1.165) is 30.6 Å². The normalized spacial score (nSPS) is 25.4. The Morgan fingerprint density at radius 3 is 2.42 bits per heavy atom. The summed E-state index contributed by atoms with van der Waals surface area (Å²) in [7, 11) is -3.59. The summed E-state index contributed by atoms with van der Waals surface area (Å²) in [5.41, 5.74) is 0. The van der Waals surface area contributed by atoms with Crippen molar-refractivity contribution >= 4 is 27.3 Å². The topological polar surface area (TPSA) is 74.7 Å². The van der Waals surface area contributed by atoms with Crippen LogP contribution >= 0.6 is 11.3 Å². The van der Waals surface area contributed by atoms with Crippen molar-refractivity contribution in [3.05, 3.63) is 16.3 Å². The molecule has 0 saturated carbocycles. The second-order valence-corrected chi connectivity index (χ2v) is 7.67. The van der Waals surface area contributed by atoms with E-state index in [4.69, 9.17) is 5.11 Å². The van der Waals surface area contributed by atoms with E-state index in [1.807, 2.05) is 13.8 Å². The lowest BCUT2D eigenvalue weighted by Gasteiger charge is -2.37. The predicted octanol–water partition coefficient (Wildman–Crippen LogP) is 2.40. The fourth-order valence-electron chi connectivity index (χ4n) is 2.56. The van der Waals surface area contributed by atoms with E-state index in [-0.39, 0.29) is 21.9 Å². The number of nitrogens with zero attached hydrogens (tertiary/aromatic N) is 1. The van der Waals surface area contributed by atoms with Crippen LogP contribution in [0.3, 0.4) is 0 Å². The lowest BCUT2D eigenvalue weighted by Crippen LogP contribution is -2.47. The van der Waals surface area contributed by atoms with Crippen molar-refractivity contribution in [1.82, 2.24) is 4.31 Å². The van der Waals surface area contributed by atoms with E-state index in [1.165, 1.54) is 15.8 Å². The number of carboxylic acid groups (broad SMARTS) is 1. The minimum atomic E-state index is -3.59. The van der Waals surface area contributed by atoms with Crippen molar-refractivity contribution in [3.63, 3.8) is 0 Å².